The van der Waals surface area contributed by atoms with Crippen molar-refractivity contribution in [3.8, 4) is 0 Å². The van der Waals surface area contributed by atoms with Gasteiger partial charge in [-0.3, -0.25) is 0 Å². The van der Waals surface area contributed by atoms with Crippen LogP contribution in [0.5, 0.6) is 0 Å². The second kappa shape index (κ2) is 6.86. The molecule has 0 aliphatic rings. The summed E-state index contributed by atoms with van der Waals surface area (Å²) in [6.45, 7) is 6.13. The summed E-state index contributed by atoms with van der Waals surface area (Å²) in [5.74, 6) is 0.565. The number of aromatic nitrogens is 1. The van der Waals surface area contributed by atoms with E-state index in [2.05, 4.69) is 28.9 Å². The molecule has 0 aliphatic carbocycles. The molecular formula is C13H23N3O2S. The Labute approximate surface area is 115 Å². The fourth-order valence-corrected chi connectivity index (χ4v) is 3.18. The van der Waals surface area contributed by atoms with Crippen molar-refractivity contribution in [2.45, 2.75) is 44.7 Å². The number of nitrogens with one attached hydrogen (secondary N) is 2. The van der Waals surface area contributed by atoms with Gasteiger partial charge in [0, 0.05) is 19.3 Å². The highest BCUT2D eigenvalue weighted by Gasteiger charge is 2.21. The van der Waals surface area contributed by atoms with Crippen molar-refractivity contribution in [1.82, 2.24) is 9.71 Å². The Morgan fingerprint density at radius 2 is 1.95 bits per heavy atom. The Hall–Kier alpha value is -1.14. The summed E-state index contributed by atoms with van der Waals surface area (Å²) in [5.41, 5.74) is 0.506. The molecule has 1 aromatic heterocycles. The zero-order valence-electron chi connectivity index (χ0n) is 12.0. The molecule has 0 aromatic carbocycles. The Morgan fingerprint density at radius 1 is 1.26 bits per heavy atom. The van der Waals surface area contributed by atoms with E-state index in [0.717, 1.165) is 12.8 Å². The molecule has 0 saturated carbocycles. The van der Waals surface area contributed by atoms with Crippen LogP contribution >= 0.6 is 0 Å². The largest absolute Gasteiger partial charge is 0.386 e. The Bertz CT molecular complexity index is 500. The van der Waals surface area contributed by atoms with Crippen LogP contribution < -0.4 is 10.0 Å². The lowest BCUT2D eigenvalue weighted by molar-refractivity contribution is 0.484. The van der Waals surface area contributed by atoms with E-state index in [1.165, 1.54) is 6.20 Å². The number of nitrogens with zero attached hydrogens (tertiary/aromatic N) is 1. The number of pyridine rings is 1. The van der Waals surface area contributed by atoms with Crippen molar-refractivity contribution in [1.29, 1.82) is 0 Å². The van der Waals surface area contributed by atoms with Gasteiger partial charge >= 0.3 is 0 Å². The van der Waals surface area contributed by atoms with E-state index in [9.17, 15) is 8.42 Å². The first-order valence-electron chi connectivity index (χ1n) is 6.52. The number of hydrogen-bond donors (Lipinski definition) is 2. The molecule has 108 valence electrons. The maximum Gasteiger partial charge on any atom is 0.260 e. The summed E-state index contributed by atoms with van der Waals surface area (Å²) in [7, 11) is -1.89. The van der Waals surface area contributed by atoms with E-state index in [0.29, 0.717) is 11.6 Å². The van der Waals surface area contributed by atoms with Crippen LogP contribution in [0.15, 0.2) is 23.4 Å². The summed E-state index contributed by atoms with van der Waals surface area (Å²) < 4.78 is 27.2. The standard InChI is InChI=1S/C13H23N3O2S/c1-10(2)7-8-11(3)16-19(17,18)13-12(14-4)6-5-9-15-13/h5-6,9-11,14,16H,7-8H2,1-4H3. The van der Waals surface area contributed by atoms with Gasteiger partial charge in [-0.05, 0) is 37.8 Å². The number of hydrogen-bond acceptors (Lipinski definition) is 4. The lowest BCUT2D eigenvalue weighted by Gasteiger charge is -2.16. The smallest absolute Gasteiger partial charge is 0.260 e. The van der Waals surface area contributed by atoms with Crippen LogP contribution in [0.2, 0.25) is 0 Å². The maximum absolute atomic E-state index is 12.3. The minimum atomic E-state index is -3.57. The van der Waals surface area contributed by atoms with Gasteiger partial charge in [0.25, 0.3) is 10.0 Å². The van der Waals surface area contributed by atoms with Crippen LogP contribution in [-0.4, -0.2) is 26.5 Å². The van der Waals surface area contributed by atoms with E-state index in [4.69, 9.17) is 0 Å². The van der Waals surface area contributed by atoms with Crippen molar-refractivity contribution in [2.24, 2.45) is 5.92 Å². The van der Waals surface area contributed by atoms with Gasteiger partial charge in [0.2, 0.25) is 0 Å². The van der Waals surface area contributed by atoms with Gasteiger partial charge in [0.15, 0.2) is 5.03 Å². The van der Waals surface area contributed by atoms with Crippen LogP contribution in [0.4, 0.5) is 5.69 Å². The average molecular weight is 285 g/mol. The monoisotopic (exact) mass is 285 g/mol. The van der Waals surface area contributed by atoms with Gasteiger partial charge in [-0.2, -0.15) is 0 Å². The molecule has 19 heavy (non-hydrogen) atoms. The second-order valence-corrected chi connectivity index (χ2v) is 6.73. The first kappa shape index (κ1) is 15.9. The summed E-state index contributed by atoms with van der Waals surface area (Å²) >= 11 is 0. The molecule has 1 atom stereocenters. The van der Waals surface area contributed by atoms with Gasteiger partial charge in [-0.25, -0.2) is 18.1 Å². The highest BCUT2D eigenvalue weighted by molar-refractivity contribution is 7.89. The molecule has 6 heteroatoms. The zero-order valence-corrected chi connectivity index (χ0v) is 12.8. The second-order valence-electron chi connectivity index (χ2n) is 5.10. The van der Waals surface area contributed by atoms with Crippen molar-refractivity contribution >= 4 is 15.7 Å². The van der Waals surface area contributed by atoms with E-state index in [1.807, 2.05) is 6.92 Å². The van der Waals surface area contributed by atoms with Crippen LogP contribution in [-0.2, 0) is 10.0 Å². The van der Waals surface area contributed by atoms with E-state index >= 15 is 0 Å². The van der Waals surface area contributed by atoms with Crippen LogP contribution in [0.25, 0.3) is 0 Å². The Balaban J connectivity index is 2.81. The third-order valence-corrected chi connectivity index (χ3v) is 4.38. The Kier molecular flexibility index (Phi) is 5.75. The first-order valence-corrected chi connectivity index (χ1v) is 8.00. The number of anilines is 1. The first-order chi connectivity index (χ1) is 8.86. The molecule has 1 unspecified atom stereocenters. The average Bonchev–Trinajstić information content (AvgIpc) is 2.35. The van der Waals surface area contributed by atoms with Gasteiger partial charge in [-0.15, -0.1) is 0 Å². The quantitative estimate of drug-likeness (QED) is 0.806. The Morgan fingerprint density at radius 3 is 2.53 bits per heavy atom. The highest BCUT2D eigenvalue weighted by atomic mass is 32.2. The zero-order chi connectivity index (χ0) is 14.5. The summed E-state index contributed by atoms with van der Waals surface area (Å²) in [6, 6.07) is 3.30. The third kappa shape index (κ3) is 4.80. The molecule has 0 spiro atoms. The molecule has 0 amide bonds. The fourth-order valence-electron chi connectivity index (χ4n) is 1.76. The van der Waals surface area contributed by atoms with E-state index in [1.54, 1.807) is 19.2 Å². The third-order valence-electron chi connectivity index (χ3n) is 2.83. The fraction of sp³-hybridized carbons (Fsp3) is 0.615. The van der Waals surface area contributed by atoms with Gasteiger partial charge < -0.3 is 5.32 Å². The summed E-state index contributed by atoms with van der Waals surface area (Å²) in [6.07, 6.45) is 3.29. The highest BCUT2D eigenvalue weighted by Crippen LogP contribution is 2.18. The topological polar surface area (TPSA) is 71.1 Å². The molecule has 0 aliphatic heterocycles. The molecule has 1 rings (SSSR count). The van der Waals surface area contributed by atoms with Gasteiger partial charge in [0.1, 0.15) is 0 Å². The van der Waals surface area contributed by atoms with Crippen molar-refractivity contribution in [2.75, 3.05) is 12.4 Å². The molecular weight excluding hydrogens is 262 g/mol. The van der Waals surface area contributed by atoms with Crippen LogP contribution in [0.1, 0.15) is 33.6 Å². The lowest BCUT2D eigenvalue weighted by atomic mass is 10.1. The van der Waals surface area contributed by atoms with Crippen molar-refractivity contribution in [3.63, 3.8) is 0 Å². The minimum Gasteiger partial charge on any atom is -0.386 e. The molecule has 1 aromatic rings. The molecule has 5 nitrogen and oxygen atoms in total. The molecule has 0 saturated heterocycles. The number of sulfonamides is 1. The van der Waals surface area contributed by atoms with Crippen molar-refractivity contribution in [3.05, 3.63) is 18.3 Å². The molecule has 0 bridgehead atoms. The normalized spacial score (nSPS) is 13.5. The van der Waals surface area contributed by atoms with Crippen LogP contribution in [0.3, 0.4) is 0 Å². The molecule has 0 radical (unpaired) electrons. The van der Waals surface area contributed by atoms with Gasteiger partial charge in [0.05, 0.1) is 5.69 Å². The van der Waals surface area contributed by atoms with E-state index < -0.39 is 10.0 Å². The van der Waals surface area contributed by atoms with Crippen LogP contribution in [0, 0.1) is 5.92 Å². The molecule has 0 fully saturated rings. The summed E-state index contributed by atoms with van der Waals surface area (Å²) in [5, 5.41) is 2.89. The summed E-state index contributed by atoms with van der Waals surface area (Å²) in [4.78, 5) is 3.96. The number of rotatable bonds is 7. The molecule has 1 heterocycles. The van der Waals surface area contributed by atoms with Gasteiger partial charge in [-0.1, -0.05) is 13.8 Å². The van der Waals surface area contributed by atoms with Crippen molar-refractivity contribution < 1.29 is 8.42 Å². The maximum atomic E-state index is 12.3. The molecule has 2 N–H and O–H groups in total. The predicted octanol–water partition coefficient (Wildman–Crippen LogP) is 2.23. The van der Waals surface area contributed by atoms with E-state index in [-0.39, 0.29) is 11.1 Å². The lowest BCUT2D eigenvalue weighted by Crippen LogP contribution is -2.33. The minimum absolute atomic E-state index is 0.0499. The predicted molar refractivity (Wildman–Crippen MR) is 77.6 cm³/mol. The SMILES string of the molecule is CNc1cccnc1S(=O)(=O)NC(C)CCC(C)C.